The normalized spacial score (nSPS) is 11.6. The number of likely N-dealkylation sites (N-methyl/N-ethyl adjacent to an activating group) is 1. The molecule has 0 aliphatic rings. The van der Waals surface area contributed by atoms with Gasteiger partial charge in [-0.25, -0.2) is 0 Å². The van der Waals surface area contributed by atoms with E-state index >= 15 is 0 Å². The van der Waals surface area contributed by atoms with Crippen molar-refractivity contribution < 1.29 is 4.79 Å². The van der Waals surface area contributed by atoms with E-state index in [1.165, 1.54) is 11.3 Å². The van der Waals surface area contributed by atoms with E-state index in [9.17, 15) is 4.79 Å². The predicted molar refractivity (Wildman–Crippen MR) is 91.3 cm³/mol. The van der Waals surface area contributed by atoms with Gasteiger partial charge in [0.2, 0.25) is 5.91 Å². The van der Waals surface area contributed by atoms with Crippen LogP contribution in [0.3, 0.4) is 0 Å². The number of rotatable bonds is 5. The summed E-state index contributed by atoms with van der Waals surface area (Å²) >= 11 is 7.39. The van der Waals surface area contributed by atoms with Crippen molar-refractivity contribution in [3.05, 3.63) is 57.2 Å². The monoisotopic (exact) mass is 344 g/mol. The minimum atomic E-state index is -0.295. The standard InChI is InChI=1S/C15H17ClN2OS.ClH/c1-18(10-12-7-8-14(16)20-12)15(19)13(9-17)11-5-3-2-4-6-11;/h2-8,13H,9-10,17H2,1H3;1H. The molecule has 1 heterocycles. The van der Waals surface area contributed by atoms with Gasteiger partial charge in [0, 0.05) is 18.5 Å². The highest BCUT2D eigenvalue weighted by atomic mass is 35.5. The van der Waals surface area contributed by atoms with Crippen molar-refractivity contribution in [1.29, 1.82) is 0 Å². The molecule has 114 valence electrons. The van der Waals surface area contributed by atoms with E-state index in [0.29, 0.717) is 13.1 Å². The Bertz CT molecular complexity index is 574. The Morgan fingerprint density at radius 3 is 2.48 bits per heavy atom. The minimum Gasteiger partial charge on any atom is -0.340 e. The van der Waals surface area contributed by atoms with Gasteiger partial charge in [-0.3, -0.25) is 4.79 Å². The summed E-state index contributed by atoms with van der Waals surface area (Å²) in [7, 11) is 1.79. The highest BCUT2D eigenvalue weighted by Crippen LogP contribution is 2.24. The van der Waals surface area contributed by atoms with Crippen LogP contribution in [-0.2, 0) is 11.3 Å². The number of nitrogens with zero attached hydrogens (tertiary/aromatic N) is 1. The third-order valence-electron chi connectivity index (χ3n) is 3.13. The fraction of sp³-hybridized carbons (Fsp3) is 0.267. The summed E-state index contributed by atoms with van der Waals surface area (Å²) in [6, 6.07) is 13.4. The number of hydrogen-bond donors (Lipinski definition) is 1. The van der Waals surface area contributed by atoms with Gasteiger partial charge in [0.15, 0.2) is 0 Å². The zero-order valence-electron chi connectivity index (χ0n) is 11.7. The lowest BCUT2D eigenvalue weighted by Gasteiger charge is -2.22. The average molecular weight is 345 g/mol. The maximum Gasteiger partial charge on any atom is 0.231 e. The SMILES string of the molecule is CN(Cc1ccc(Cl)s1)C(=O)C(CN)c1ccccc1.Cl. The first-order valence-electron chi connectivity index (χ1n) is 6.36. The molecule has 2 aromatic rings. The van der Waals surface area contributed by atoms with Gasteiger partial charge in [-0.15, -0.1) is 23.7 Å². The van der Waals surface area contributed by atoms with E-state index in [4.69, 9.17) is 17.3 Å². The van der Waals surface area contributed by atoms with Crippen molar-refractivity contribution in [1.82, 2.24) is 4.90 Å². The summed E-state index contributed by atoms with van der Waals surface area (Å²) in [6.45, 7) is 0.859. The highest BCUT2D eigenvalue weighted by Gasteiger charge is 2.22. The lowest BCUT2D eigenvalue weighted by atomic mass is 9.98. The molecule has 1 aromatic heterocycles. The summed E-state index contributed by atoms with van der Waals surface area (Å²) in [4.78, 5) is 15.3. The topological polar surface area (TPSA) is 46.3 Å². The number of halogens is 2. The van der Waals surface area contributed by atoms with Gasteiger partial charge in [0.1, 0.15) is 0 Å². The zero-order valence-corrected chi connectivity index (χ0v) is 14.0. The summed E-state index contributed by atoms with van der Waals surface area (Å²) in [5.74, 6) is -0.264. The molecule has 0 aliphatic heterocycles. The van der Waals surface area contributed by atoms with E-state index < -0.39 is 0 Å². The van der Waals surface area contributed by atoms with E-state index in [1.54, 1.807) is 11.9 Å². The molecule has 0 bridgehead atoms. The van der Waals surface area contributed by atoms with Gasteiger partial charge in [-0.1, -0.05) is 41.9 Å². The quantitative estimate of drug-likeness (QED) is 0.901. The maximum absolute atomic E-state index is 12.5. The number of amides is 1. The maximum atomic E-state index is 12.5. The Morgan fingerprint density at radius 1 is 1.29 bits per heavy atom. The molecule has 0 spiro atoms. The molecule has 1 atom stereocenters. The van der Waals surface area contributed by atoms with Gasteiger partial charge in [-0.2, -0.15) is 0 Å². The van der Waals surface area contributed by atoms with Crippen LogP contribution in [-0.4, -0.2) is 24.4 Å². The number of carbonyl (C=O) groups is 1. The largest absolute Gasteiger partial charge is 0.340 e. The van der Waals surface area contributed by atoms with Gasteiger partial charge in [0.05, 0.1) is 16.8 Å². The van der Waals surface area contributed by atoms with Crippen LogP contribution < -0.4 is 5.73 Å². The Balaban J connectivity index is 0.00000220. The molecular formula is C15H18Cl2N2OS. The predicted octanol–water partition coefficient (Wildman–Crippen LogP) is 3.52. The summed E-state index contributed by atoms with van der Waals surface area (Å²) < 4.78 is 0.735. The highest BCUT2D eigenvalue weighted by molar-refractivity contribution is 7.16. The number of thiophene rings is 1. The molecule has 1 unspecified atom stereocenters. The van der Waals surface area contributed by atoms with Crippen molar-refractivity contribution >= 4 is 41.3 Å². The lowest BCUT2D eigenvalue weighted by molar-refractivity contribution is -0.131. The van der Waals surface area contributed by atoms with Crippen molar-refractivity contribution in [2.24, 2.45) is 5.73 Å². The van der Waals surface area contributed by atoms with Crippen molar-refractivity contribution in [3.8, 4) is 0 Å². The lowest BCUT2D eigenvalue weighted by Crippen LogP contribution is -2.34. The first-order chi connectivity index (χ1) is 9.61. The van der Waals surface area contributed by atoms with E-state index in [2.05, 4.69) is 0 Å². The summed E-state index contributed by atoms with van der Waals surface area (Å²) in [5, 5.41) is 0. The second kappa shape index (κ2) is 8.39. The van der Waals surface area contributed by atoms with Crippen LogP contribution in [0.5, 0.6) is 0 Å². The first kappa shape index (κ1) is 18.0. The Morgan fingerprint density at radius 2 is 1.95 bits per heavy atom. The second-order valence-corrected chi connectivity index (χ2v) is 6.40. The molecule has 2 rings (SSSR count). The van der Waals surface area contributed by atoms with Crippen molar-refractivity contribution in [2.45, 2.75) is 12.5 Å². The molecule has 1 amide bonds. The Kier molecular flexibility index (Phi) is 7.18. The molecule has 3 nitrogen and oxygen atoms in total. The van der Waals surface area contributed by atoms with Crippen LogP contribution in [0.2, 0.25) is 4.34 Å². The van der Waals surface area contributed by atoms with Crippen LogP contribution in [0.1, 0.15) is 16.4 Å². The van der Waals surface area contributed by atoms with Crippen LogP contribution in [0, 0.1) is 0 Å². The minimum absolute atomic E-state index is 0. The molecule has 0 saturated carbocycles. The number of hydrogen-bond acceptors (Lipinski definition) is 3. The number of carbonyl (C=O) groups excluding carboxylic acids is 1. The van der Waals surface area contributed by atoms with E-state index in [-0.39, 0.29) is 24.2 Å². The molecule has 21 heavy (non-hydrogen) atoms. The third kappa shape index (κ3) is 4.71. The van der Waals surface area contributed by atoms with Crippen molar-refractivity contribution in [2.75, 3.05) is 13.6 Å². The first-order valence-corrected chi connectivity index (χ1v) is 7.55. The third-order valence-corrected chi connectivity index (χ3v) is 4.35. The van der Waals surface area contributed by atoms with Crippen LogP contribution in [0.25, 0.3) is 0 Å². The molecule has 2 N–H and O–H groups in total. The van der Waals surface area contributed by atoms with Gasteiger partial charge in [-0.05, 0) is 17.7 Å². The summed E-state index contributed by atoms with van der Waals surface area (Å²) in [5.41, 5.74) is 6.73. The van der Waals surface area contributed by atoms with Crippen molar-refractivity contribution in [3.63, 3.8) is 0 Å². The molecule has 6 heteroatoms. The van der Waals surface area contributed by atoms with Crippen LogP contribution in [0.15, 0.2) is 42.5 Å². The smallest absolute Gasteiger partial charge is 0.231 e. The Labute approximate surface area is 140 Å². The van der Waals surface area contributed by atoms with Crippen LogP contribution in [0.4, 0.5) is 0 Å². The van der Waals surface area contributed by atoms with E-state index in [1.807, 2.05) is 42.5 Å². The van der Waals surface area contributed by atoms with Gasteiger partial charge < -0.3 is 10.6 Å². The summed E-state index contributed by atoms with van der Waals surface area (Å²) in [6.07, 6.45) is 0. The molecule has 0 fully saturated rings. The molecular weight excluding hydrogens is 327 g/mol. The molecule has 0 aliphatic carbocycles. The fourth-order valence-corrected chi connectivity index (χ4v) is 3.22. The molecule has 0 radical (unpaired) electrons. The zero-order chi connectivity index (χ0) is 14.5. The van der Waals surface area contributed by atoms with Crippen LogP contribution >= 0.6 is 35.3 Å². The van der Waals surface area contributed by atoms with E-state index in [0.717, 1.165) is 14.8 Å². The average Bonchev–Trinajstić information content (AvgIpc) is 2.86. The van der Waals surface area contributed by atoms with Gasteiger partial charge >= 0.3 is 0 Å². The number of benzene rings is 1. The molecule has 0 saturated heterocycles. The molecule has 1 aromatic carbocycles. The number of nitrogens with two attached hydrogens (primary N) is 1. The van der Waals surface area contributed by atoms with Gasteiger partial charge in [0.25, 0.3) is 0 Å². The fourth-order valence-electron chi connectivity index (χ4n) is 2.08. The Hall–Kier alpha value is -1.07. The second-order valence-electron chi connectivity index (χ2n) is 4.60.